The molecule has 1 fully saturated rings. The van der Waals surface area contributed by atoms with E-state index < -0.39 is 0 Å². The Morgan fingerprint density at radius 1 is 0.674 bits per heavy atom. The van der Waals surface area contributed by atoms with Gasteiger partial charge in [-0.05, 0) is 144 Å². The Balaban J connectivity index is 1.12. The van der Waals surface area contributed by atoms with Gasteiger partial charge < -0.3 is 34.1 Å². The number of ether oxygens (including phenoxy) is 2. The minimum Gasteiger partial charge on any atom is -0.507 e. The van der Waals surface area contributed by atoms with E-state index in [0.29, 0.717) is 24.7 Å². The molecule has 3 aromatic carbocycles. The molecular formula is C38H52N4O4. The molecule has 8 heteroatoms. The number of unbranched alkanes of at least 4 members (excludes halogenated alkanes) is 2. The number of aromatic nitrogens is 2. The van der Waals surface area contributed by atoms with Crippen LogP contribution >= 0.6 is 0 Å². The van der Waals surface area contributed by atoms with Gasteiger partial charge in [-0.15, -0.1) is 0 Å². The molecule has 0 unspecified atom stereocenters. The fourth-order valence-corrected chi connectivity index (χ4v) is 6.46. The first-order valence-electron chi connectivity index (χ1n) is 16.9. The third kappa shape index (κ3) is 7.55. The van der Waals surface area contributed by atoms with E-state index in [4.69, 9.17) is 14.5 Å². The molecule has 8 nitrogen and oxygen atoms in total. The molecule has 5 rings (SSSR count). The number of aromatic hydroxyl groups is 2. The normalized spacial score (nSPS) is 14.2. The second-order valence-electron chi connectivity index (χ2n) is 12.9. The first-order valence-corrected chi connectivity index (χ1v) is 16.9. The molecule has 1 saturated heterocycles. The lowest BCUT2D eigenvalue weighted by Gasteiger charge is -2.24. The van der Waals surface area contributed by atoms with Crippen LogP contribution in [-0.4, -0.2) is 70.6 Å². The highest BCUT2D eigenvalue weighted by atomic mass is 16.5. The number of phenols is 2. The molecule has 0 bridgehead atoms. The first kappa shape index (κ1) is 33.5. The van der Waals surface area contributed by atoms with E-state index in [1.165, 1.54) is 5.52 Å². The zero-order valence-corrected chi connectivity index (χ0v) is 28.7. The molecule has 0 amide bonds. The van der Waals surface area contributed by atoms with Crippen LogP contribution in [0.2, 0.25) is 0 Å². The molecule has 0 spiro atoms. The number of aryl methyl sites for hydroxylation is 3. The third-order valence-corrected chi connectivity index (χ3v) is 9.68. The molecule has 0 atom stereocenters. The maximum atomic E-state index is 10.2. The number of para-hydroxylation sites is 2. The Kier molecular flexibility index (Phi) is 11.0. The van der Waals surface area contributed by atoms with Crippen molar-refractivity contribution in [3.05, 3.63) is 69.8 Å². The van der Waals surface area contributed by atoms with Crippen molar-refractivity contribution < 1.29 is 19.7 Å². The van der Waals surface area contributed by atoms with Crippen molar-refractivity contribution in [3.63, 3.8) is 0 Å². The molecule has 0 saturated carbocycles. The van der Waals surface area contributed by atoms with Crippen molar-refractivity contribution in [2.24, 2.45) is 0 Å². The Morgan fingerprint density at radius 2 is 1.26 bits per heavy atom. The van der Waals surface area contributed by atoms with Crippen LogP contribution in [0, 0.1) is 41.5 Å². The van der Waals surface area contributed by atoms with Crippen molar-refractivity contribution >= 4 is 17.0 Å². The Morgan fingerprint density at radius 3 is 1.89 bits per heavy atom. The largest absolute Gasteiger partial charge is 0.507 e. The van der Waals surface area contributed by atoms with E-state index in [1.807, 2.05) is 53.7 Å². The van der Waals surface area contributed by atoms with Crippen LogP contribution in [0.15, 0.2) is 36.4 Å². The third-order valence-electron chi connectivity index (χ3n) is 9.68. The summed E-state index contributed by atoms with van der Waals surface area (Å²) in [6, 6.07) is 12.4. The number of imidazole rings is 1. The van der Waals surface area contributed by atoms with Crippen molar-refractivity contribution in [2.45, 2.75) is 80.2 Å². The highest BCUT2D eigenvalue weighted by molar-refractivity contribution is 5.78. The van der Waals surface area contributed by atoms with Crippen molar-refractivity contribution in [2.75, 3.05) is 50.8 Å². The van der Waals surface area contributed by atoms with Gasteiger partial charge in [0.2, 0.25) is 5.95 Å². The number of hydrogen-bond donors (Lipinski definition) is 2. The molecule has 4 aromatic rings. The summed E-state index contributed by atoms with van der Waals surface area (Å²) in [6.45, 7) is 19.1. The average molecular weight is 629 g/mol. The fraction of sp³-hybridized carbons (Fsp3) is 0.500. The van der Waals surface area contributed by atoms with Gasteiger partial charge in [-0.1, -0.05) is 12.1 Å². The fourth-order valence-electron chi connectivity index (χ4n) is 6.46. The van der Waals surface area contributed by atoms with Crippen LogP contribution in [0.4, 0.5) is 5.95 Å². The zero-order valence-electron chi connectivity index (χ0n) is 28.7. The summed E-state index contributed by atoms with van der Waals surface area (Å²) in [5.74, 6) is 3.55. The molecule has 0 radical (unpaired) electrons. The Hall–Kier alpha value is -3.91. The number of anilines is 1. The summed E-state index contributed by atoms with van der Waals surface area (Å²) < 4.78 is 14.7. The van der Waals surface area contributed by atoms with Gasteiger partial charge in [0.05, 0.1) is 24.2 Å². The van der Waals surface area contributed by atoms with Crippen LogP contribution in [0.25, 0.3) is 11.0 Å². The molecule has 1 aliphatic heterocycles. The topological polar surface area (TPSA) is 83.2 Å². The summed E-state index contributed by atoms with van der Waals surface area (Å²) in [7, 11) is 0. The van der Waals surface area contributed by atoms with Crippen LogP contribution in [0.3, 0.4) is 0 Å². The lowest BCUT2D eigenvalue weighted by molar-refractivity contribution is 0.260. The lowest BCUT2D eigenvalue weighted by atomic mass is 10.0. The summed E-state index contributed by atoms with van der Waals surface area (Å²) >= 11 is 0. The van der Waals surface area contributed by atoms with E-state index >= 15 is 0 Å². The summed E-state index contributed by atoms with van der Waals surface area (Å²) in [5.41, 5.74) is 7.76. The minimum atomic E-state index is 0.359. The predicted molar refractivity (Wildman–Crippen MR) is 187 cm³/mol. The van der Waals surface area contributed by atoms with Gasteiger partial charge >= 0.3 is 0 Å². The second kappa shape index (κ2) is 15.1. The number of fused-ring (bicyclic) bond motifs is 1. The predicted octanol–water partition coefficient (Wildman–Crippen LogP) is 7.53. The Labute approximate surface area is 274 Å². The van der Waals surface area contributed by atoms with Gasteiger partial charge in [-0.3, -0.25) is 0 Å². The molecule has 2 N–H and O–H groups in total. The van der Waals surface area contributed by atoms with Crippen molar-refractivity contribution in [3.8, 4) is 23.0 Å². The molecule has 1 aromatic heterocycles. The van der Waals surface area contributed by atoms with Gasteiger partial charge in [-0.2, -0.15) is 0 Å². The average Bonchev–Trinajstić information content (AvgIpc) is 3.25. The molecule has 248 valence electrons. The number of nitrogens with zero attached hydrogens (tertiary/aromatic N) is 4. The molecular weight excluding hydrogens is 576 g/mol. The summed E-state index contributed by atoms with van der Waals surface area (Å²) in [6.07, 6.45) is 5.15. The van der Waals surface area contributed by atoms with E-state index in [9.17, 15) is 10.2 Å². The smallest absolute Gasteiger partial charge is 0.206 e. The second-order valence-corrected chi connectivity index (χ2v) is 12.9. The monoisotopic (exact) mass is 628 g/mol. The van der Waals surface area contributed by atoms with Crippen LogP contribution in [0.1, 0.15) is 65.5 Å². The number of hydrogen-bond acceptors (Lipinski definition) is 7. The number of rotatable bonds is 13. The summed E-state index contributed by atoms with van der Waals surface area (Å²) in [4.78, 5) is 10.2. The number of phenolic OH excluding ortho intramolecular Hbond substituents is 2. The first-order chi connectivity index (χ1) is 22.2. The van der Waals surface area contributed by atoms with E-state index in [2.05, 4.69) is 38.6 Å². The quantitative estimate of drug-likeness (QED) is 0.148. The van der Waals surface area contributed by atoms with Gasteiger partial charge in [0.15, 0.2) is 0 Å². The molecule has 0 aliphatic carbocycles. The summed E-state index contributed by atoms with van der Waals surface area (Å²) in [5, 5.41) is 20.4. The van der Waals surface area contributed by atoms with E-state index in [-0.39, 0.29) is 0 Å². The molecule has 1 aliphatic rings. The van der Waals surface area contributed by atoms with Gasteiger partial charge in [0.25, 0.3) is 0 Å². The highest BCUT2D eigenvalue weighted by Crippen LogP contribution is 2.33. The molecule has 2 heterocycles. The van der Waals surface area contributed by atoms with E-state index in [1.54, 1.807) is 0 Å². The Bertz CT molecular complexity index is 1650. The van der Waals surface area contributed by atoms with E-state index in [0.717, 1.165) is 128 Å². The van der Waals surface area contributed by atoms with Gasteiger partial charge in [0.1, 0.15) is 23.0 Å². The van der Waals surface area contributed by atoms with Gasteiger partial charge in [0, 0.05) is 26.2 Å². The SMILES string of the molecule is Cc1cc(OCCCCN2CCCN(c3nc4ccccc4n3CCCCOc3cc(C)c(O)c(C)c3C)CC2)c(C)c(C)c1O. The van der Waals surface area contributed by atoms with Crippen LogP contribution < -0.4 is 14.4 Å². The van der Waals surface area contributed by atoms with Crippen molar-refractivity contribution in [1.82, 2.24) is 14.5 Å². The maximum Gasteiger partial charge on any atom is 0.206 e. The highest BCUT2D eigenvalue weighted by Gasteiger charge is 2.21. The van der Waals surface area contributed by atoms with Crippen LogP contribution in [-0.2, 0) is 6.54 Å². The minimum absolute atomic E-state index is 0.359. The molecule has 46 heavy (non-hydrogen) atoms. The lowest BCUT2D eigenvalue weighted by Crippen LogP contribution is -2.33. The zero-order chi connectivity index (χ0) is 32.8. The number of benzene rings is 3. The van der Waals surface area contributed by atoms with Gasteiger partial charge in [-0.25, -0.2) is 4.98 Å². The maximum absolute atomic E-state index is 10.2. The van der Waals surface area contributed by atoms with Crippen LogP contribution in [0.5, 0.6) is 23.0 Å². The standard InChI is InChI=1S/C38H52N4O4/c1-26-24-34(28(3)30(5)36(26)43)45-22-11-9-16-40-17-13-18-41(21-20-40)38-39-32-14-7-8-15-33(32)42(38)19-10-12-23-46-35-25-27(2)37(44)31(6)29(35)4/h7-8,14-15,24-25,43-44H,9-13,16-23H2,1-6H3. The van der Waals surface area contributed by atoms with Crippen molar-refractivity contribution in [1.29, 1.82) is 0 Å².